The topological polar surface area (TPSA) is 92.5 Å². The Kier molecular flexibility index (Phi) is 4.83. The lowest BCUT2D eigenvalue weighted by molar-refractivity contribution is -0.141. The summed E-state index contributed by atoms with van der Waals surface area (Å²) in [5.41, 5.74) is 1.88. The molecule has 26 heavy (non-hydrogen) atoms. The van der Waals surface area contributed by atoms with Crippen LogP contribution in [0, 0.1) is 5.82 Å². The molecule has 8 heteroatoms. The number of halogens is 1. The van der Waals surface area contributed by atoms with Gasteiger partial charge >= 0.3 is 5.97 Å². The summed E-state index contributed by atoms with van der Waals surface area (Å²) >= 11 is 0. The lowest BCUT2D eigenvalue weighted by Gasteiger charge is -2.27. The molecule has 0 fully saturated rings. The highest BCUT2D eigenvalue weighted by molar-refractivity contribution is 6.08. The van der Waals surface area contributed by atoms with Crippen molar-refractivity contribution >= 4 is 17.7 Å². The number of aryl methyl sites for hydroxylation is 1. The maximum Gasteiger partial charge on any atom is 0.303 e. The number of carbonyl (C=O) groups is 3. The van der Waals surface area contributed by atoms with Gasteiger partial charge < -0.3 is 10.0 Å². The summed E-state index contributed by atoms with van der Waals surface area (Å²) in [4.78, 5) is 37.2. The molecule has 0 radical (unpaired) electrons. The number of benzene rings is 1. The average molecular weight is 359 g/mol. The first-order valence-corrected chi connectivity index (χ1v) is 8.21. The molecule has 1 aliphatic rings. The Morgan fingerprint density at radius 2 is 2.04 bits per heavy atom. The van der Waals surface area contributed by atoms with Crippen molar-refractivity contribution < 1.29 is 23.9 Å². The summed E-state index contributed by atoms with van der Waals surface area (Å²) in [6.07, 6.45) is 0.205. The zero-order valence-electron chi connectivity index (χ0n) is 14.2. The van der Waals surface area contributed by atoms with Crippen LogP contribution in [0.15, 0.2) is 24.3 Å². The minimum atomic E-state index is -1.03. The summed E-state index contributed by atoms with van der Waals surface area (Å²) in [5.74, 6) is -2.21. The summed E-state index contributed by atoms with van der Waals surface area (Å²) in [6.45, 7) is 0.636. The molecular weight excluding hydrogens is 341 g/mol. The number of ketones is 1. The number of aromatic nitrogens is 2. The molecule has 2 aromatic rings. The van der Waals surface area contributed by atoms with E-state index in [9.17, 15) is 18.8 Å². The summed E-state index contributed by atoms with van der Waals surface area (Å²) < 4.78 is 15.0. The van der Waals surface area contributed by atoms with Crippen LogP contribution in [0.3, 0.4) is 0 Å². The van der Waals surface area contributed by atoms with Gasteiger partial charge in [0, 0.05) is 49.8 Å². The van der Waals surface area contributed by atoms with Crippen molar-refractivity contribution in [1.29, 1.82) is 0 Å². The van der Waals surface area contributed by atoms with E-state index in [0.29, 0.717) is 18.5 Å². The van der Waals surface area contributed by atoms with Crippen molar-refractivity contribution in [2.75, 3.05) is 6.54 Å². The molecule has 1 amide bonds. The zero-order valence-corrected chi connectivity index (χ0v) is 14.2. The second-order valence-electron chi connectivity index (χ2n) is 6.20. The van der Waals surface area contributed by atoms with Crippen molar-refractivity contribution in [2.45, 2.75) is 25.8 Å². The molecular formula is C18H18FN3O4. The van der Waals surface area contributed by atoms with E-state index in [-0.39, 0.29) is 36.6 Å². The van der Waals surface area contributed by atoms with Crippen LogP contribution in [-0.4, -0.2) is 44.0 Å². The van der Waals surface area contributed by atoms with Gasteiger partial charge in [-0.3, -0.25) is 19.1 Å². The van der Waals surface area contributed by atoms with E-state index in [1.807, 2.05) is 0 Å². The number of amides is 1. The largest absolute Gasteiger partial charge is 0.481 e. The third-order valence-corrected chi connectivity index (χ3v) is 4.45. The highest BCUT2D eigenvalue weighted by atomic mass is 19.1. The Morgan fingerprint density at radius 3 is 2.73 bits per heavy atom. The quantitative estimate of drug-likeness (QED) is 0.818. The van der Waals surface area contributed by atoms with Gasteiger partial charge in [-0.05, 0) is 12.1 Å². The predicted molar refractivity (Wildman–Crippen MR) is 89.0 cm³/mol. The number of aliphatic carboxylic acids is 1. The van der Waals surface area contributed by atoms with Crippen LogP contribution in [0.4, 0.5) is 4.39 Å². The van der Waals surface area contributed by atoms with Crippen LogP contribution in [0.25, 0.3) is 0 Å². The number of nitrogens with zero attached hydrogens (tertiary/aromatic N) is 3. The molecule has 0 atom stereocenters. The van der Waals surface area contributed by atoms with Gasteiger partial charge in [0.15, 0.2) is 0 Å². The van der Waals surface area contributed by atoms with Crippen molar-refractivity contribution in [1.82, 2.24) is 14.7 Å². The van der Waals surface area contributed by atoms with Crippen LogP contribution in [0.2, 0.25) is 0 Å². The normalized spacial score (nSPS) is 13.4. The van der Waals surface area contributed by atoms with Gasteiger partial charge in [-0.1, -0.05) is 12.1 Å². The van der Waals surface area contributed by atoms with E-state index in [0.717, 1.165) is 11.8 Å². The molecule has 3 rings (SSSR count). The standard InChI is InChI=1S/C18H18FN3O4/c1-21-14-7-8-22(15(23)5-6-16(24)25)10-13(14)17(20-21)18(26)11-3-2-4-12(19)9-11/h2-4,9H,5-8,10H2,1H3,(H,24,25). The lowest BCUT2D eigenvalue weighted by Crippen LogP contribution is -2.36. The van der Waals surface area contributed by atoms with E-state index in [2.05, 4.69) is 5.10 Å². The molecule has 0 spiro atoms. The van der Waals surface area contributed by atoms with Crippen molar-refractivity contribution in [3.05, 3.63) is 52.6 Å². The van der Waals surface area contributed by atoms with Crippen LogP contribution >= 0.6 is 0 Å². The first-order valence-electron chi connectivity index (χ1n) is 8.21. The van der Waals surface area contributed by atoms with Gasteiger partial charge in [-0.25, -0.2) is 4.39 Å². The summed E-state index contributed by atoms with van der Waals surface area (Å²) in [6, 6.07) is 5.39. The first-order chi connectivity index (χ1) is 12.4. The molecule has 7 nitrogen and oxygen atoms in total. The molecule has 1 N–H and O–H groups in total. The molecule has 136 valence electrons. The fourth-order valence-corrected chi connectivity index (χ4v) is 3.13. The Balaban J connectivity index is 1.86. The van der Waals surface area contributed by atoms with Gasteiger partial charge in [0.25, 0.3) is 0 Å². The number of carboxylic acids is 1. The number of carbonyl (C=O) groups excluding carboxylic acids is 2. The second kappa shape index (κ2) is 7.07. The molecule has 2 heterocycles. The summed E-state index contributed by atoms with van der Waals surface area (Å²) in [5, 5.41) is 13.0. The number of hydrogen-bond donors (Lipinski definition) is 1. The highest BCUT2D eigenvalue weighted by Crippen LogP contribution is 2.25. The highest BCUT2D eigenvalue weighted by Gasteiger charge is 2.29. The zero-order chi connectivity index (χ0) is 18.8. The molecule has 0 saturated carbocycles. The Hall–Kier alpha value is -3.03. The fourth-order valence-electron chi connectivity index (χ4n) is 3.13. The van der Waals surface area contributed by atoms with Crippen molar-refractivity contribution in [2.24, 2.45) is 7.05 Å². The predicted octanol–water partition coefficient (Wildman–Crippen LogP) is 1.54. The Morgan fingerprint density at radius 1 is 1.27 bits per heavy atom. The molecule has 0 aliphatic carbocycles. The number of fused-ring (bicyclic) bond motifs is 1. The molecule has 0 bridgehead atoms. The third-order valence-electron chi connectivity index (χ3n) is 4.45. The second-order valence-corrected chi connectivity index (χ2v) is 6.20. The van der Waals surface area contributed by atoms with Gasteiger partial charge in [-0.15, -0.1) is 0 Å². The number of carboxylic acid groups (broad SMARTS) is 1. The minimum absolute atomic E-state index is 0.0852. The SMILES string of the molecule is Cn1nc(C(=O)c2cccc(F)c2)c2c1CCN(C(=O)CCC(=O)O)C2. The third kappa shape index (κ3) is 3.49. The Bertz CT molecular complexity index is 891. The Labute approximate surface area is 149 Å². The van der Waals surface area contributed by atoms with Gasteiger partial charge in [0.05, 0.1) is 6.42 Å². The minimum Gasteiger partial charge on any atom is -0.481 e. The smallest absolute Gasteiger partial charge is 0.303 e. The van der Waals surface area contributed by atoms with E-state index < -0.39 is 17.6 Å². The number of rotatable bonds is 5. The lowest BCUT2D eigenvalue weighted by atomic mass is 9.99. The molecule has 0 unspecified atom stereocenters. The first kappa shape index (κ1) is 17.8. The molecule has 1 aromatic carbocycles. The maximum atomic E-state index is 13.4. The van der Waals surface area contributed by atoms with Crippen LogP contribution in [0.5, 0.6) is 0 Å². The molecule has 1 aromatic heterocycles. The van der Waals surface area contributed by atoms with Crippen molar-refractivity contribution in [3.63, 3.8) is 0 Å². The maximum absolute atomic E-state index is 13.4. The monoisotopic (exact) mass is 359 g/mol. The average Bonchev–Trinajstić information content (AvgIpc) is 2.95. The van der Waals surface area contributed by atoms with E-state index in [1.54, 1.807) is 11.7 Å². The van der Waals surface area contributed by atoms with Gasteiger partial charge in [0.2, 0.25) is 11.7 Å². The van der Waals surface area contributed by atoms with Crippen molar-refractivity contribution in [3.8, 4) is 0 Å². The fraction of sp³-hybridized carbons (Fsp3) is 0.333. The van der Waals surface area contributed by atoms with E-state index in [1.165, 1.54) is 23.1 Å². The van der Waals surface area contributed by atoms with Crippen LogP contribution < -0.4 is 0 Å². The molecule has 0 saturated heterocycles. The van der Waals surface area contributed by atoms with E-state index in [4.69, 9.17) is 5.11 Å². The number of hydrogen-bond acceptors (Lipinski definition) is 4. The van der Waals surface area contributed by atoms with Crippen LogP contribution in [0.1, 0.15) is 40.2 Å². The summed E-state index contributed by atoms with van der Waals surface area (Å²) in [7, 11) is 1.73. The van der Waals surface area contributed by atoms with E-state index >= 15 is 0 Å². The van der Waals surface area contributed by atoms with Gasteiger partial charge in [-0.2, -0.15) is 5.10 Å². The van der Waals surface area contributed by atoms with Gasteiger partial charge in [0.1, 0.15) is 11.5 Å². The van der Waals surface area contributed by atoms with Crippen LogP contribution in [-0.2, 0) is 29.6 Å². The molecule has 1 aliphatic heterocycles.